The van der Waals surface area contributed by atoms with Crippen LogP contribution in [0.1, 0.15) is 39.5 Å². The van der Waals surface area contributed by atoms with Gasteiger partial charge in [0.1, 0.15) is 5.78 Å². The van der Waals surface area contributed by atoms with Crippen LogP contribution >= 0.6 is 0 Å². The van der Waals surface area contributed by atoms with Crippen LogP contribution in [0.5, 0.6) is 0 Å². The van der Waals surface area contributed by atoms with Gasteiger partial charge in [-0.15, -0.1) is 0 Å². The van der Waals surface area contributed by atoms with E-state index in [1.165, 1.54) is 0 Å². The van der Waals surface area contributed by atoms with Gasteiger partial charge < -0.3 is 0 Å². The first-order valence-corrected chi connectivity index (χ1v) is 4.29. The number of hydrogen-bond acceptors (Lipinski definition) is 1. The van der Waals surface area contributed by atoms with E-state index in [2.05, 4.69) is 13.8 Å². The molecule has 0 aromatic heterocycles. The summed E-state index contributed by atoms with van der Waals surface area (Å²) < 4.78 is 0. The third kappa shape index (κ3) is 1.83. The quantitative estimate of drug-likeness (QED) is 0.586. The summed E-state index contributed by atoms with van der Waals surface area (Å²) in [6.45, 7) is 4.20. The van der Waals surface area contributed by atoms with Gasteiger partial charge in [0, 0.05) is 11.8 Å². The molecular weight excluding hydrogens is 124 g/mol. The van der Waals surface area contributed by atoms with E-state index in [4.69, 9.17) is 0 Å². The van der Waals surface area contributed by atoms with Gasteiger partial charge in [0.15, 0.2) is 0 Å². The van der Waals surface area contributed by atoms with Gasteiger partial charge in [-0.1, -0.05) is 20.3 Å². The summed E-state index contributed by atoms with van der Waals surface area (Å²) in [7, 11) is 0. The molecule has 10 heavy (non-hydrogen) atoms. The van der Waals surface area contributed by atoms with Crippen LogP contribution in [0.15, 0.2) is 0 Å². The molecule has 1 atom stereocenters. The van der Waals surface area contributed by atoms with Gasteiger partial charge in [0.2, 0.25) is 0 Å². The fourth-order valence-corrected chi connectivity index (χ4v) is 1.35. The third-order valence-electron chi connectivity index (χ3n) is 2.19. The van der Waals surface area contributed by atoms with Gasteiger partial charge in [-0.3, -0.25) is 4.79 Å². The van der Waals surface area contributed by atoms with E-state index in [0.29, 0.717) is 17.6 Å². The Hall–Kier alpha value is -0.330. The average molecular weight is 140 g/mol. The maximum absolute atomic E-state index is 11.3. The topological polar surface area (TPSA) is 17.1 Å². The first kappa shape index (κ1) is 7.77. The summed E-state index contributed by atoms with van der Waals surface area (Å²) in [5.74, 6) is 1.31. The Morgan fingerprint density at radius 3 is 2.60 bits per heavy atom. The minimum Gasteiger partial charge on any atom is -0.299 e. The molecule has 0 aliphatic heterocycles. The van der Waals surface area contributed by atoms with E-state index in [1.807, 2.05) is 0 Å². The van der Waals surface area contributed by atoms with E-state index in [-0.39, 0.29) is 0 Å². The van der Waals surface area contributed by atoms with Gasteiger partial charge in [-0.05, 0) is 19.3 Å². The molecule has 58 valence electrons. The molecule has 0 radical (unpaired) electrons. The largest absolute Gasteiger partial charge is 0.299 e. The lowest BCUT2D eigenvalue weighted by atomic mass is 9.98. The van der Waals surface area contributed by atoms with Crippen molar-refractivity contribution < 1.29 is 4.79 Å². The molecule has 0 aromatic carbocycles. The highest BCUT2D eigenvalue weighted by Crippen LogP contribution is 2.33. The molecule has 1 unspecified atom stereocenters. The van der Waals surface area contributed by atoms with Crippen molar-refractivity contribution in [3.63, 3.8) is 0 Å². The predicted molar refractivity (Wildman–Crippen MR) is 41.8 cm³/mol. The fourth-order valence-electron chi connectivity index (χ4n) is 1.35. The average Bonchev–Trinajstić information content (AvgIpc) is 2.68. The van der Waals surface area contributed by atoms with Crippen molar-refractivity contribution in [3.05, 3.63) is 0 Å². The summed E-state index contributed by atoms with van der Waals surface area (Å²) >= 11 is 0. The van der Waals surface area contributed by atoms with Crippen molar-refractivity contribution in [3.8, 4) is 0 Å². The van der Waals surface area contributed by atoms with Gasteiger partial charge in [-0.2, -0.15) is 0 Å². The zero-order valence-corrected chi connectivity index (χ0v) is 6.89. The molecule has 0 amide bonds. The maximum atomic E-state index is 11.3. The number of hydrogen-bond donors (Lipinski definition) is 0. The van der Waals surface area contributed by atoms with E-state index in [9.17, 15) is 4.79 Å². The van der Waals surface area contributed by atoms with Crippen molar-refractivity contribution in [2.24, 2.45) is 11.8 Å². The van der Waals surface area contributed by atoms with Gasteiger partial charge in [-0.25, -0.2) is 0 Å². The number of carbonyl (C=O) groups excluding carboxylic acids is 1. The highest BCUT2D eigenvalue weighted by atomic mass is 16.1. The van der Waals surface area contributed by atoms with Gasteiger partial charge in [0.25, 0.3) is 0 Å². The van der Waals surface area contributed by atoms with Gasteiger partial charge >= 0.3 is 0 Å². The second-order valence-electron chi connectivity index (χ2n) is 3.37. The minimum absolute atomic E-state index is 0.331. The molecule has 0 bridgehead atoms. The van der Waals surface area contributed by atoms with E-state index in [0.717, 1.165) is 25.7 Å². The SMILES string of the molecule is CCCC(C)C(=O)C1CC1. The van der Waals surface area contributed by atoms with Crippen LogP contribution in [-0.4, -0.2) is 5.78 Å². The van der Waals surface area contributed by atoms with Crippen LogP contribution < -0.4 is 0 Å². The standard InChI is InChI=1S/C9H16O/c1-3-4-7(2)9(10)8-5-6-8/h7-8H,3-6H2,1-2H3. The molecule has 1 heteroatoms. The molecule has 1 rings (SSSR count). The lowest BCUT2D eigenvalue weighted by Gasteiger charge is -2.06. The van der Waals surface area contributed by atoms with Crippen molar-refractivity contribution in [2.45, 2.75) is 39.5 Å². The molecular formula is C9H16O. The molecule has 1 nitrogen and oxygen atoms in total. The molecule has 1 aliphatic carbocycles. The fraction of sp³-hybridized carbons (Fsp3) is 0.889. The van der Waals surface area contributed by atoms with Gasteiger partial charge in [0.05, 0.1) is 0 Å². The zero-order valence-electron chi connectivity index (χ0n) is 6.89. The van der Waals surface area contributed by atoms with Crippen molar-refractivity contribution in [2.75, 3.05) is 0 Å². The molecule has 0 aromatic rings. The third-order valence-corrected chi connectivity index (χ3v) is 2.19. The number of Topliss-reactive ketones (excluding diaryl/α,β-unsaturated/α-hetero) is 1. The summed E-state index contributed by atoms with van der Waals surface area (Å²) in [6, 6.07) is 0. The number of rotatable bonds is 4. The molecule has 0 N–H and O–H groups in total. The van der Waals surface area contributed by atoms with E-state index in [1.54, 1.807) is 0 Å². The van der Waals surface area contributed by atoms with Crippen LogP contribution in [-0.2, 0) is 4.79 Å². The number of carbonyl (C=O) groups is 1. The molecule has 0 spiro atoms. The molecule has 0 saturated heterocycles. The smallest absolute Gasteiger partial charge is 0.138 e. The summed E-state index contributed by atoms with van der Waals surface area (Å²) in [5.41, 5.74) is 0. The molecule has 1 fully saturated rings. The zero-order chi connectivity index (χ0) is 7.56. The Kier molecular flexibility index (Phi) is 2.47. The molecule has 1 saturated carbocycles. The Morgan fingerprint density at radius 2 is 2.20 bits per heavy atom. The minimum atomic E-state index is 0.331. The van der Waals surface area contributed by atoms with E-state index < -0.39 is 0 Å². The Bertz CT molecular complexity index is 125. The van der Waals surface area contributed by atoms with Crippen LogP contribution in [0.25, 0.3) is 0 Å². The highest BCUT2D eigenvalue weighted by molar-refractivity contribution is 5.85. The molecule has 1 aliphatic rings. The Balaban J connectivity index is 2.24. The monoisotopic (exact) mass is 140 g/mol. The second-order valence-corrected chi connectivity index (χ2v) is 3.37. The highest BCUT2D eigenvalue weighted by Gasteiger charge is 2.31. The summed E-state index contributed by atoms with van der Waals surface area (Å²) in [5, 5.41) is 0. The van der Waals surface area contributed by atoms with Crippen LogP contribution in [0.4, 0.5) is 0 Å². The predicted octanol–water partition coefficient (Wildman–Crippen LogP) is 2.40. The Labute approximate surface area is 62.8 Å². The second kappa shape index (κ2) is 3.18. The lowest BCUT2D eigenvalue weighted by molar-refractivity contribution is -0.123. The normalized spacial score (nSPS) is 20.6. The molecule has 0 heterocycles. The first-order chi connectivity index (χ1) is 4.75. The van der Waals surface area contributed by atoms with E-state index >= 15 is 0 Å². The van der Waals surface area contributed by atoms with Crippen molar-refractivity contribution in [1.82, 2.24) is 0 Å². The number of ketones is 1. The lowest BCUT2D eigenvalue weighted by Crippen LogP contribution is -2.12. The summed E-state index contributed by atoms with van der Waals surface area (Å²) in [4.78, 5) is 11.3. The van der Waals surface area contributed by atoms with Crippen LogP contribution in [0.2, 0.25) is 0 Å². The van der Waals surface area contributed by atoms with Crippen molar-refractivity contribution in [1.29, 1.82) is 0 Å². The Morgan fingerprint density at radius 1 is 1.60 bits per heavy atom. The van der Waals surface area contributed by atoms with Crippen LogP contribution in [0.3, 0.4) is 0 Å². The summed E-state index contributed by atoms with van der Waals surface area (Å²) in [6.07, 6.45) is 4.54. The maximum Gasteiger partial charge on any atom is 0.138 e. The van der Waals surface area contributed by atoms with Crippen LogP contribution in [0, 0.1) is 11.8 Å². The first-order valence-electron chi connectivity index (χ1n) is 4.29. The van der Waals surface area contributed by atoms with Crippen molar-refractivity contribution >= 4 is 5.78 Å².